The fraction of sp³-hybridized carbons (Fsp3) is 0.543. The zero-order chi connectivity index (χ0) is 98.1. The van der Waals surface area contributed by atoms with E-state index in [0.29, 0.717) is 69.9 Å². The predicted molar refractivity (Wildman–Crippen MR) is 496 cm³/mol. The molecule has 0 aliphatic carbocycles. The Morgan fingerprint density at radius 2 is 1.13 bits per heavy atom. The number of hydrogen-bond donors (Lipinski definition) is 19. The smallest absolute Gasteiger partial charge is 0.246 e. The van der Waals surface area contributed by atoms with E-state index >= 15 is 52.7 Å². The van der Waals surface area contributed by atoms with Crippen LogP contribution in [0.2, 0.25) is 0 Å². The molecule has 135 heavy (non-hydrogen) atoms. The quantitative estimate of drug-likeness (QED) is 0.0297. The second-order valence-electron chi connectivity index (χ2n) is 35.6. The minimum absolute atomic E-state index is 0.00511. The van der Waals surface area contributed by atoms with E-state index in [9.17, 15) is 44.1 Å². The van der Waals surface area contributed by atoms with Crippen LogP contribution in [-0.4, -0.2) is 315 Å². The van der Waals surface area contributed by atoms with Gasteiger partial charge < -0.3 is 125 Å². The average Bonchev–Trinajstić information content (AvgIpc) is 1.65. The van der Waals surface area contributed by atoms with Crippen molar-refractivity contribution >= 4 is 134 Å². The highest BCUT2D eigenvalue weighted by molar-refractivity contribution is 8.00. The number of imidazole rings is 1. The summed E-state index contributed by atoms with van der Waals surface area (Å²) in [6, 6.07) is -0.243. The number of nitrogens with zero attached hydrogens (tertiary/aromatic N) is 6. The minimum atomic E-state index is -1.88. The molecule has 3 aromatic carbocycles. The number of aliphatic hydroxyl groups is 2. The van der Waals surface area contributed by atoms with Crippen LogP contribution in [0.15, 0.2) is 97.7 Å². The number of aromatic amines is 3. The van der Waals surface area contributed by atoms with E-state index in [-0.39, 0.29) is 121 Å². The molecule has 4 fully saturated rings. The van der Waals surface area contributed by atoms with Crippen molar-refractivity contribution in [3.8, 4) is 5.75 Å². The first-order valence-electron chi connectivity index (χ1n) is 45.9. The summed E-state index contributed by atoms with van der Waals surface area (Å²) in [5, 5.41) is 61.1. The van der Waals surface area contributed by atoms with E-state index in [1.807, 2.05) is 13.8 Å². The van der Waals surface area contributed by atoms with Gasteiger partial charge in [0.15, 0.2) is 0 Å². The van der Waals surface area contributed by atoms with E-state index < -0.39 is 228 Å². The molecule has 4 saturated heterocycles. The van der Waals surface area contributed by atoms with Crippen molar-refractivity contribution in [1.29, 1.82) is 0 Å². The van der Waals surface area contributed by atoms with Gasteiger partial charge in [0.1, 0.15) is 89.8 Å². The molecule has 0 radical (unpaired) electrons. The number of nitrogens with two attached hydrogens (primary N) is 3. The highest BCUT2D eigenvalue weighted by Gasteiger charge is 2.51. The van der Waals surface area contributed by atoms with Gasteiger partial charge in [0.2, 0.25) is 100 Å². The van der Waals surface area contributed by atoms with Crippen molar-refractivity contribution in [3.63, 3.8) is 0 Å². The number of aromatic hydroxyl groups is 1. The second kappa shape index (κ2) is 48.8. The lowest BCUT2D eigenvalue weighted by molar-refractivity contribution is -0.149. The molecule has 15 atom stereocenters. The van der Waals surface area contributed by atoms with Gasteiger partial charge in [0.25, 0.3) is 0 Å². The van der Waals surface area contributed by atoms with E-state index in [0.717, 1.165) is 26.5 Å². The third-order valence-electron chi connectivity index (χ3n) is 25.1. The largest absolute Gasteiger partial charge is 0.508 e. The average molecular weight is 1890 g/mol. The molecule has 4 aliphatic heterocycles. The number of hydrogen-bond acceptors (Lipinski definition) is 23. The lowest BCUT2D eigenvalue weighted by Crippen LogP contribution is -2.63. The van der Waals surface area contributed by atoms with Crippen molar-refractivity contribution in [3.05, 3.63) is 120 Å². The standard InChI is InChI=1S/C92H128N22O20S/c1-8-10-24-71-83(126)102-62(23-16-32-93)79(122)108-70(78(121)99-45-76(95)119)48-135-49-77(120)101-66(36-52-27-29-56(116)30-28-52)89(132)114-34-18-31-92(114,5)91(134)109-68(41-75(94)118)87(130)112-33-17-26-72(112)84(127)104-64(39-55-44-96-50-100-55)81(124)105-65(35-51(3)4)88(131)113-46-57(117)40-74(113)85(128)103-63(37-53-42-97-60-21-14-12-19-58(53)60)80(123)107-69(47-115)82(125)106-67(38-54-43-98-61-22-15-13-20-59(54)61)86(129)111(7)73(25-11-9-2)90(133)110(71)6/h12-15,19-22,27-30,42-44,50-51,57,62-74,97-98,115-117H,8-11,16-18,23-26,31-41,45-49,93H2,1-7H3,(H2,94,118)(H2,95,119)(H,96,100)(H,99,121)(H,101,120)(H,102,126)(H,103,128)(H,104,127)(H,105,124)(H,106,125)(H,107,123)(H,108,122)(H,109,134)/t57-,62+,63+,64+,65+,66+,67+,68+,69-,70+,71+,72+,73+,74+,92-/m1/s1. The Morgan fingerprint density at radius 1 is 0.570 bits per heavy atom. The van der Waals surface area contributed by atoms with Crippen LogP contribution in [0.5, 0.6) is 5.75 Å². The summed E-state index contributed by atoms with van der Waals surface area (Å²) in [6.45, 7) is 6.20. The number of aliphatic hydroxyl groups excluding tert-OH is 2. The molecule has 0 unspecified atom stereocenters. The maximum atomic E-state index is 15.7. The maximum absolute atomic E-state index is 15.7. The predicted octanol–water partition coefficient (Wildman–Crippen LogP) is -1.92. The highest BCUT2D eigenvalue weighted by atomic mass is 32.2. The number of unbranched alkanes of at least 4 members (excludes halogenated alkanes) is 2. The van der Waals surface area contributed by atoms with Crippen molar-refractivity contribution in [2.24, 2.45) is 23.1 Å². The number of nitrogens with one attached hydrogen (secondary N) is 13. The molecular weight excluding hydrogens is 1770 g/mol. The van der Waals surface area contributed by atoms with Crippen LogP contribution in [0.1, 0.15) is 153 Å². The number of benzene rings is 3. The number of carbonyl (C=O) groups excluding carboxylic acids is 17. The van der Waals surface area contributed by atoms with Gasteiger partial charge in [0.05, 0.1) is 37.8 Å². The molecule has 43 heteroatoms. The van der Waals surface area contributed by atoms with Crippen molar-refractivity contribution < 1.29 is 96.8 Å². The zero-order valence-electron chi connectivity index (χ0n) is 77.1. The third kappa shape index (κ3) is 27.4. The Labute approximate surface area is 785 Å². The van der Waals surface area contributed by atoms with E-state index in [2.05, 4.69) is 73.1 Å². The van der Waals surface area contributed by atoms with Crippen LogP contribution < -0.4 is 70.4 Å². The molecule has 6 aromatic rings. The summed E-state index contributed by atoms with van der Waals surface area (Å²) >= 11 is 0.798. The number of primary amides is 2. The number of fused-ring (bicyclic) bond motifs is 5. The first-order valence-corrected chi connectivity index (χ1v) is 47.1. The molecule has 17 amide bonds. The van der Waals surface area contributed by atoms with Gasteiger partial charge in [-0.2, -0.15) is 0 Å². The molecule has 7 heterocycles. The molecule has 22 N–H and O–H groups in total. The minimum Gasteiger partial charge on any atom is -0.508 e. The topological polar surface area (TPSA) is 626 Å². The molecular formula is C92H128N22O20S. The number of aromatic nitrogens is 4. The summed E-state index contributed by atoms with van der Waals surface area (Å²) < 4.78 is 0. The monoisotopic (exact) mass is 1890 g/mol. The summed E-state index contributed by atoms with van der Waals surface area (Å²) in [6.07, 6.45) is 4.31. The van der Waals surface area contributed by atoms with Crippen molar-refractivity contribution in [1.82, 2.24) is 97.6 Å². The Kier molecular flexibility index (Phi) is 37.6. The normalized spacial score (nSPS) is 25.8. The molecule has 3 aromatic heterocycles. The maximum Gasteiger partial charge on any atom is 0.246 e. The summed E-state index contributed by atoms with van der Waals surface area (Å²) in [7, 11) is 2.72. The first kappa shape index (κ1) is 104. The third-order valence-corrected chi connectivity index (χ3v) is 26.1. The van der Waals surface area contributed by atoms with Gasteiger partial charge in [-0.15, -0.1) is 11.8 Å². The van der Waals surface area contributed by atoms with Gasteiger partial charge in [-0.25, -0.2) is 4.98 Å². The SMILES string of the molecule is CCCC[C@H]1C(=O)N(C)[C@@H](CCCC)C(=O)N[C@@H](CCCN)C(=O)N[C@H](C(=O)NCC(N)=O)CSCC(=O)N[C@@H](Cc2ccc(O)cc2)C(=O)N2CCC[C@]2(C)C(=O)N[C@@H](CC(N)=O)C(=O)N2CCC[C@H]2C(=O)N[C@@H](Cc2cnc[nH]2)C(=O)N[C@@H](CC(C)C)C(=O)N2C[C@H](O)C[C@H]2C(=O)N[C@@H](Cc2c[nH]c3ccccc23)C(=O)N[C@H](CO)C(=O)N[C@@H](Cc2c[nH]c3ccccc23)C(=O)N1C. The Hall–Kier alpha value is -13.0. The molecule has 10 rings (SSSR count). The van der Waals surface area contributed by atoms with Crippen molar-refractivity contribution in [2.45, 2.75) is 247 Å². The van der Waals surface area contributed by atoms with Crippen molar-refractivity contribution in [2.75, 3.05) is 64.9 Å². The number of phenols is 1. The van der Waals surface area contributed by atoms with Crippen LogP contribution in [-0.2, 0) is 107 Å². The lowest BCUT2D eigenvalue weighted by atomic mass is 9.95. The molecule has 0 saturated carbocycles. The summed E-state index contributed by atoms with van der Waals surface area (Å²) in [5.41, 5.74) is 18.5. The fourth-order valence-electron chi connectivity index (χ4n) is 17.7. The van der Waals surface area contributed by atoms with Crippen LogP contribution in [0, 0.1) is 5.92 Å². The lowest BCUT2D eigenvalue weighted by Gasteiger charge is -2.37. The highest BCUT2D eigenvalue weighted by Crippen LogP contribution is 2.33. The number of carbonyl (C=O) groups is 17. The number of amides is 17. The Balaban J connectivity index is 1.02. The van der Waals surface area contributed by atoms with E-state index in [1.54, 1.807) is 74.8 Å². The van der Waals surface area contributed by atoms with Gasteiger partial charge in [0, 0.05) is 118 Å². The number of likely N-dealkylation sites (N-methyl/N-ethyl adjacent to an activating group) is 2. The zero-order valence-corrected chi connectivity index (χ0v) is 77.9. The number of thioether (sulfide) groups is 1. The van der Waals surface area contributed by atoms with Gasteiger partial charge in [-0.3, -0.25) is 81.5 Å². The fourth-order valence-corrected chi connectivity index (χ4v) is 18.6. The van der Waals surface area contributed by atoms with Crippen LogP contribution >= 0.6 is 11.8 Å². The molecule has 732 valence electrons. The van der Waals surface area contributed by atoms with E-state index in [4.69, 9.17) is 17.2 Å². The molecule has 4 aliphatic rings. The van der Waals surface area contributed by atoms with Crippen LogP contribution in [0.4, 0.5) is 0 Å². The Bertz CT molecular complexity index is 5230. The molecule has 0 spiro atoms. The Morgan fingerprint density at radius 3 is 1.74 bits per heavy atom. The number of phenolic OH excluding ortho intramolecular Hbond substituents is 1. The van der Waals surface area contributed by atoms with Crippen LogP contribution in [0.25, 0.3) is 21.8 Å². The summed E-state index contributed by atoms with van der Waals surface area (Å²) in [5.74, 6) is -17.0. The number of rotatable bonds is 25. The van der Waals surface area contributed by atoms with Gasteiger partial charge in [-0.1, -0.05) is 102 Å². The van der Waals surface area contributed by atoms with Crippen LogP contribution in [0.3, 0.4) is 0 Å². The van der Waals surface area contributed by atoms with E-state index in [1.165, 1.54) is 67.6 Å². The molecule has 0 bridgehead atoms. The van der Waals surface area contributed by atoms with Gasteiger partial charge in [-0.05, 0) is 118 Å². The van der Waals surface area contributed by atoms with Gasteiger partial charge >= 0.3 is 0 Å². The summed E-state index contributed by atoms with van der Waals surface area (Å²) in [4.78, 5) is 271. The number of H-pyrrole nitrogens is 3. The first-order chi connectivity index (χ1) is 64.4. The number of para-hydroxylation sites is 2. The molecule has 42 nitrogen and oxygen atoms in total. The second-order valence-corrected chi connectivity index (χ2v) is 36.7.